The van der Waals surface area contributed by atoms with Crippen LogP contribution < -0.4 is 5.73 Å². The number of hydrogen-bond acceptors (Lipinski definition) is 2. The zero-order chi connectivity index (χ0) is 11.4. The van der Waals surface area contributed by atoms with Gasteiger partial charge >= 0.3 is 0 Å². The number of rotatable bonds is 6. The normalized spacial score (nSPS) is 17.9. The van der Waals surface area contributed by atoms with Gasteiger partial charge in [0.2, 0.25) is 5.91 Å². The summed E-state index contributed by atoms with van der Waals surface area (Å²) in [5.74, 6) is 0.855. The van der Waals surface area contributed by atoms with E-state index in [1.54, 1.807) is 0 Å². The molecule has 0 radical (unpaired) electrons. The molecule has 0 bridgehead atoms. The minimum Gasteiger partial charge on any atom is -0.339 e. The fraction of sp³-hybridized carbons (Fsp3) is 0.917. The van der Waals surface area contributed by atoms with Gasteiger partial charge < -0.3 is 10.6 Å². The average Bonchev–Trinajstić information content (AvgIpc) is 2.93. The number of amides is 1. The molecule has 15 heavy (non-hydrogen) atoms. The van der Waals surface area contributed by atoms with E-state index in [4.69, 9.17) is 5.73 Å². The third kappa shape index (κ3) is 4.65. The molecule has 0 aromatic heterocycles. The summed E-state index contributed by atoms with van der Waals surface area (Å²) in [5, 5.41) is 0. The molecule has 0 heterocycles. The van der Waals surface area contributed by atoms with Crippen molar-refractivity contribution in [2.45, 2.75) is 58.5 Å². The third-order valence-electron chi connectivity index (χ3n) is 2.68. The molecule has 0 aromatic rings. The Balaban J connectivity index is 2.37. The first kappa shape index (κ1) is 12.5. The summed E-state index contributed by atoms with van der Waals surface area (Å²) in [6, 6.07) is 0.669. The summed E-state index contributed by atoms with van der Waals surface area (Å²) < 4.78 is 0. The largest absolute Gasteiger partial charge is 0.339 e. The molecule has 1 aliphatic carbocycles. The first-order chi connectivity index (χ1) is 7.00. The Morgan fingerprint density at radius 2 is 2.00 bits per heavy atom. The van der Waals surface area contributed by atoms with Gasteiger partial charge in [0.25, 0.3) is 0 Å². The quantitative estimate of drug-likeness (QED) is 0.729. The monoisotopic (exact) mass is 212 g/mol. The van der Waals surface area contributed by atoms with Gasteiger partial charge in [-0.2, -0.15) is 0 Å². The Morgan fingerprint density at radius 3 is 2.40 bits per heavy atom. The molecule has 1 saturated carbocycles. The van der Waals surface area contributed by atoms with Crippen molar-refractivity contribution < 1.29 is 4.79 Å². The molecule has 1 aliphatic rings. The van der Waals surface area contributed by atoms with Crippen molar-refractivity contribution >= 4 is 5.91 Å². The van der Waals surface area contributed by atoms with E-state index in [0.29, 0.717) is 24.3 Å². The highest BCUT2D eigenvalue weighted by molar-refractivity contribution is 5.76. The van der Waals surface area contributed by atoms with Gasteiger partial charge in [-0.1, -0.05) is 13.8 Å². The second-order valence-corrected chi connectivity index (χ2v) is 5.19. The van der Waals surface area contributed by atoms with Crippen LogP contribution in [0.2, 0.25) is 0 Å². The van der Waals surface area contributed by atoms with Crippen LogP contribution in [0.5, 0.6) is 0 Å². The fourth-order valence-electron chi connectivity index (χ4n) is 1.73. The van der Waals surface area contributed by atoms with Crippen LogP contribution in [0.4, 0.5) is 0 Å². The lowest BCUT2D eigenvalue weighted by atomic mass is 10.1. The number of hydrogen-bond donors (Lipinski definition) is 1. The molecular weight excluding hydrogens is 188 g/mol. The zero-order valence-corrected chi connectivity index (χ0v) is 10.2. The van der Waals surface area contributed by atoms with Crippen LogP contribution in [0.25, 0.3) is 0 Å². The summed E-state index contributed by atoms with van der Waals surface area (Å²) in [4.78, 5) is 14.0. The van der Waals surface area contributed by atoms with Crippen LogP contribution >= 0.6 is 0 Å². The van der Waals surface area contributed by atoms with Crippen molar-refractivity contribution in [1.82, 2.24) is 4.90 Å². The lowest BCUT2D eigenvalue weighted by molar-refractivity contribution is -0.132. The molecule has 1 atom stereocenters. The smallest absolute Gasteiger partial charge is 0.222 e. The molecular formula is C12H24N2O. The molecule has 2 N–H and O–H groups in total. The summed E-state index contributed by atoms with van der Waals surface area (Å²) in [5.41, 5.74) is 5.66. The molecule has 3 nitrogen and oxygen atoms in total. The van der Waals surface area contributed by atoms with Gasteiger partial charge in [-0.3, -0.25) is 4.79 Å². The van der Waals surface area contributed by atoms with E-state index in [9.17, 15) is 4.79 Å². The second-order valence-electron chi connectivity index (χ2n) is 5.19. The van der Waals surface area contributed by atoms with Crippen LogP contribution in [-0.4, -0.2) is 29.4 Å². The summed E-state index contributed by atoms with van der Waals surface area (Å²) in [6.07, 6.45) is 3.80. The highest BCUT2D eigenvalue weighted by Gasteiger charge is 2.32. The van der Waals surface area contributed by atoms with Gasteiger partial charge in [0.1, 0.15) is 0 Å². The molecule has 1 rings (SSSR count). The number of carbonyl (C=O) groups is 1. The molecule has 0 aliphatic heterocycles. The van der Waals surface area contributed by atoms with Crippen LogP contribution in [0.1, 0.15) is 46.5 Å². The van der Waals surface area contributed by atoms with Crippen molar-refractivity contribution in [3.63, 3.8) is 0 Å². The predicted molar refractivity (Wildman–Crippen MR) is 62.5 cm³/mol. The van der Waals surface area contributed by atoms with Gasteiger partial charge in [-0.25, -0.2) is 0 Å². The molecule has 0 saturated heterocycles. The Hall–Kier alpha value is -0.570. The molecule has 0 aromatic carbocycles. The highest BCUT2D eigenvalue weighted by atomic mass is 16.2. The van der Waals surface area contributed by atoms with E-state index < -0.39 is 0 Å². The Bertz CT molecular complexity index is 210. The third-order valence-corrected chi connectivity index (χ3v) is 2.68. The van der Waals surface area contributed by atoms with Crippen molar-refractivity contribution in [3.8, 4) is 0 Å². The van der Waals surface area contributed by atoms with Crippen LogP contribution in [0.3, 0.4) is 0 Å². The topological polar surface area (TPSA) is 46.3 Å². The number of nitrogens with zero attached hydrogens (tertiary/aromatic N) is 1. The lowest BCUT2D eigenvalue weighted by Crippen LogP contribution is -2.36. The molecule has 3 heteroatoms. The second kappa shape index (κ2) is 5.50. The SMILES string of the molecule is CC(C)CN(C(=O)CCC(C)N)C1CC1. The minimum atomic E-state index is 0.133. The number of nitrogens with two attached hydrogens (primary N) is 1. The van der Waals surface area contributed by atoms with Crippen LogP contribution in [-0.2, 0) is 4.79 Å². The van der Waals surface area contributed by atoms with Gasteiger partial charge in [-0.15, -0.1) is 0 Å². The summed E-state index contributed by atoms with van der Waals surface area (Å²) in [7, 11) is 0. The average molecular weight is 212 g/mol. The maximum absolute atomic E-state index is 11.9. The van der Waals surface area contributed by atoms with E-state index in [2.05, 4.69) is 18.7 Å². The maximum Gasteiger partial charge on any atom is 0.222 e. The first-order valence-electron chi connectivity index (χ1n) is 6.05. The zero-order valence-electron chi connectivity index (χ0n) is 10.2. The fourth-order valence-corrected chi connectivity index (χ4v) is 1.73. The minimum absolute atomic E-state index is 0.133. The van der Waals surface area contributed by atoms with Gasteiger partial charge in [0.05, 0.1) is 0 Å². The predicted octanol–water partition coefficient (Wildman–Crippen LogP) is 1.76. The maximum atomic E-state index is 11.9. The van der Waals surface area contributed by atoms with Crippen molar-refractivity contribution in [1.29, 1.82) is 0 Å². The van der Waals surface area contributed by atoms with Crippen molar-refractivity contribution in [3.05, 3.63) is 0 Å². The highest BCUT2D eigenvalue weighted by Crippen LogP contribution is 2.28. The van der Waals surface area contributed by atoms with Crippen molar-refractivity contribution in [2.75, 3.05) is 6.54 Å². The Kier molecular flexibility index (Phi) is 4.58. The molecule has 0 spiro atoms. The van der Waals surface area contributed by atoms with E-state index in [1.807, 2.05) is 6.92 Å². The van der Waals surface area contributed by atoms with E-state index in [0.717, 1.165) is 13.0 Å². The van der Waals surface area contributed by atoms with Gasteiger partial charge in [-0.05, 0) is 32.1 Å². The molecule has 1 unspecified atom stereocenters. The van der Waals surface area contributed by atoms with E-state index >= 15 is 0 Å². The first-order valence-corrected chi connectivity index (χ1v) is 6.05. The van der Waals surface area contributed by atoms with E-state index in [-0.39, 0.29) is 6.04 Å². The Morgan fingerprint density at radius 1 is 1.40 bits per heavy atom. The van der Waals surface area contributed by atoms with Gasteiger partial charge in [0, 0.05) is 25.0 Å². The van der Waals surface area contributed by atoms with Crippen LogP contribution in [0, 0.1) is 5.92 Å². The number of carbonyl (C=O) groups excluding carboxylic acids is 1. The summed E-state index contributed by atoms with van der Waals surface area (Å²) >= 11 is 0. The lowest BCUT2D eigenvalue weighted by Gasteiger charge is -2.24. The standard InChI is InChI=1S/C12H24N2O/c1-9(2)8-14(11-5-6-11)12(15)7-4-10(3)13/h9-11H,4-8,13H2,1-3H3. The molecule has 1 fully saturated rings. The van der Waals surface area contributed by atoms with Crippen molar-refractivity contribution in [2.24, 2.45) is 11.7 Å². The molecule has 1 amide bonds. The molecule has 88 valence electrons. The van der Waals surface area contributed by atoms with E-state index in [1.165, 1.54) is 12.8 Å². The van der Waals surface area contributed by atoms with Crippen LogP contribution in [0.15, 0.2) is 0 Å². The Labute approximate surface area is 93.0 Å². The summed E-state index contributed by atoms with van der Waals surface area (Å²) in [6.45, 7) is 7.18. The van der Waals surface area contributed by atoms with Gasteiger partial charge in [0.15, 0.2) is 0 Å².